The molecule has 0 aliphatic carbocycles. The fourth-order valence-corrected chi connectivity index (χ4v) is 3.90. The largest absolute Gasteiger partial charge is 0.496 e. The number of anilines is 1. The van der Waals surface area contributed by atoms with E-state index in [9.17, 15) is 14.9 Å². The van der Waals surface area contributed by atoms with E-state index in [-0.39, 0.29) is 11.3 Å². The van der Waals surface area contributed by atoms with Gasteiger partial charge in [-0.15, -0.1) is 0 Å². The van der Waals surface area contributed by atoms with E-state index in [0.717, 1.165) is 5.69 Å². The maximum absolute atomic E-state index is 12.8. The zero-order valence-electron chi connectivity index (χ0n) is 17.0. The molecule has 0 unspecified atom stereocenters. The van der Waals surface area contributed by atoms with Crippen LogP contribution in [0.4, 0.5) is 11.4 Å². The highest BCUT2D eigenvalue weighted by molar-refractivity contribution is 7.80. The van der Waals surface area contributed by atoms with Gasteiger partial charge in [-0.3, -0.25) is 20.2 Å². The van der Waals surface area contributed by atoms with Crippen LogP contribution in [0.25, 0.3) is 0 Å². The summed E-state index contributed by atoms with van der Waals surface area (Å²) in [7, 11) is 2.96. The number of methoxy groups -OCH3 is 2. The van der Waals surface area contributed by atoms with Gasteiger partial charge < -0.3 is 19.3 Å². The molecule has 1 amide bonds. The molecule has 1 aliphatic rings. The van der Waals surface area contributed by atoms with Crippen molar-refractivity contribution in [1.29, 1.82) is 0 Å². The summed E-state index contributed by atoms with van der Waals surface area (Å²) >= 11 is 11.7. The van der Waals surface area contributed by atoms with Gasteiger partial charge in [0, 0.05) is 38.3 Å². The van der Waals surface area contributed by atoms with Crippen LogP contribution in [0.1, 0.15) is 10.4 Å². The summed E-state index contributed by atoms with van der Waals surface area (Å²) in [5.74, 6) is 0.356. The van der Waals surface area contributed by atoms with E-state index in [2.05, 4.69) is 5.32 Å². The number of ether oxygens (including phenoxy) is 2. The maximum Gasteiger partial charge on any atom is 0.271 e. The van der Waals surface area contributed by atoms with Crippen LogP contribution in [0.5, 0.6) is 11.5 Å². The number of benzene rings is 2. The molecule has 9 nitrogen and oxygen atoms in total. The lowest BCUT2D eigenvalue weighted by Gasteiger charge is -2.37. The lowest BCUT2D eigenvalue weighted by atomic mass is 10.1. The summed E-state index contributed by atoms with van der Waals surface area (Å²) in [5.41, 5.74) is 0.940. The highest BCUT2D eigenvalue weighted by atomic mass is 35.5. The smallest absolute Gasteiger partial charge is 0.271 e. The van der Waals surface area contributed by atoms with Crippen LogP contribution in [-0.2, 0) is 0 Å². The average molecular weight is 465 g/mol. The molecule has 2 aromatic rings. The summed E-state index contributed by atoms with van der Waals surface area (Å²) in [5, 5.41) is 14.3. The Morgan fingerprint density at radius 3 is 2.26 bits per heavy atom. The molecule has 1 saturated heterocycles. The van der Waals surface area contributed by atoms with Gasteiger partial charge in [-0.05, 0) is 30.4 Å². The number of non-ortho nitro benzene ring substituents is 1. The van der Waals surface area contributed by atoms with E-state index in [1.165, 1.54) is 26.4 Å². The number of nitrogens with zero attached hydrogens (tertiary/aromatic N) is 3. The van der Waals surface area contributed by atoms with Crippen molar-refractivity contribution in [3.63, 3.8) is 0 Å². The molecule has 0 bridgehead atoms. The number of carbonyl (C=O) groups excluding carboxylic acids is 1. The van der Waals surface area contributed by atoms with Crippen molar-refractivity contribution in [3.05, 3.63) is 57.1 Å². The highest BCUT2D eigenvalue weighted by Gasteiger charge is 2.25. The van der Waals surface area contributed by atoms with E-state index >= 15 is 0 Å². The molecule has 0 aromatic heterocycles. The van der Waals surface area contributed by atoms with Gasteiger partial charge in [0.2, 0.25) is 0 Å². The van der Waals surface area contributed by atoms with Crippen LogP contribution < -0.4 is 19.7 Å². The molecule has 31 heavy (non-hydrogen) atoms. The van der Waals surface area contributed by atoms with Gasteiger partial charge in [0.05, 0.1) is 29.9 Å². The third-order valence-electron chi connectivity index (χ3n) is 4.93. The van der Waals surface area contributed by atoms with Gasteiger partial charge in [-0.2, -0.15) is 0 Å². The topological polar surface area (TPSA) is 97.2 Å². The molecule has 0 saturated carbocycles. The second-order valence-corrected chi connectivity index (χ2v) is 7.46. The fraction of sp³-hybridized carbons (Fsp3) is 0.300. The summed E-state index contributed by atoms with van der Waals surface area (Å²) in [6.45, 7) is 2.28. The zero-order valence-corrected chi connectivity index (χ0v) is 18.5. The second-order valence-electron chi connectivity index (χ2n) is 6.66. The number of amides is 1. The number of hydrogen-bond donors (Lipinski definition) is 1. The van der Waals surface area contributed by atoms with Crippen molar-refractivity contribution >= 4 is 46.2 Å². The van der Waals surface area contributed by atoms with E-state index < -0.39 is 10.8 Å². The van der Waals surface area contributed by atoms with E-state index in [1.807, 2.05) is 9.80 Å². The molecule has 164 valence electrons. The molecule has 1 N–H and O–H groups in total. The molecule has 1 heterocycles. The predicted octanol–water partition coefficient (Wildman–Crippen LogP) is 3.10. The monoisotopic (exact) mass is 464 g/mol. The van der Waals surface area contributed by atoms with Gasteiger partial charge in [0.25, 0.3) is 11.6 Å². The van der Waals surface area contributed by atoms with Crippen molar-refractivity contribution < 1.29 is 19.2 Å². The SMILES string of the molecule is COc1cccc(OC)c1C(=O)NC(=S)N1CCN(c2ccc([N+](=O)[O-])cc2Cl)CC1. The van der Waals surface area contributed by atoms with E-state index in [0.29, 0.717) is 47.8 Å². The number of piperazine rings is 1. The first-order valence-corrected chi connectivity index (χ1v) is 10.1. The van der Waals surface area contributed by atoms with Crippen LogP contribution in [0.15, 0.2) is 36.4 Å². The molecular formula is C20H21ClN4O5S. The summed E-state index contributed by atoms with van der Waals surface area (Å²) in [6.07, 6.45) is 0. The Morgan fingerprint density at radius 1 is 1.13 bits per heavy atom. The maximum atomic E-state index is 12.8. The Hall–Kier alpha value is -3.11. The number of hydrogen-bond acceptors (Lipinski definition) is 7. The van der Waals surface area contributed by atoms with Crippen molar-refractivity contribution in [2.45, 2.75) is 0 Å². The predicted molar refractivity (Wildman–Crippen MR) is 122 cm³/mol. The number of nitrogens with one attached hydrogen (secondary N) is 1. The molecule has 3 rings (SSSR count). The Balaban J connectivity index is 1.64. The molecule has 1 aliphatic heterocycles. The Bertz CT molecular complexity index is 989. The minimum absolute atomic E-state index is 0.0527. The average Bonchev–Trinajstić information content (AvgIpc) is 2.78. The molecular weight excluding hydrogens is 444 g/mol. The lowest BCUT2D eigenvalue weighted by Crippen LogP contribution is -2.52. The molecule has 1 fully saturated rings. The second kappa shape index (κ2) is 9.80. The molecule has 2 aromatic carbocycles. The van der Waals surface area contributed by atoms with Crippen molar-refractivity contribution in [1.82, 2.24) is 10.2 Å². The summed E-state index contributed by atoms with van der Waals surface area (Å²) in [6, 6.07) is 9.49. The van der Waals surface area contributed by atoms with Crippen LogP contribution in [0.3, 0.4) is 0 Å². The van der Waals surface area contributed by atoms with Crippen LogP contribution in [-0.4, -0.2) is 61.2 Å². The Labute approximate surface area is 189 Å². The van der Waals surface area contributed by atoms with Crippen molar-refractivity contribution in [2.75, 3.05) is 45.3 Å². The van der Waals surface area contributed by atoms with E-state index in [1.54, 1.807) is 24.3 Å². The standard InChI is InChI=1S/C20H21ClN4O5S/c1-29-16-4-3-5-17(30-2)18(16)19(26)22-20(31)24-10-8-23(9-11-24)15-7-6-13(25(27)28)12-14(15)21/h3-7,12H,8-11H2,1-2H3,(H,22,26,31). The quantitative estimate of drug-likeness (QED) is 0.409. The number of carbonyl (C=O) groups is 1. The first-order valence-electron chi connectivity index (χ1n) is 9.35. The lowest BCUT2D eigenvalue weighted by molar-refractivity contribution is -0.384. The third kappa shape index (κ3) is 4.97. The fourth-order valence-electron chi connectivity index (χ4n) is 3.33. The first-order chi connectivity index (χ1) is 14.8. The highest BCUT2D eigenvalue weighted by Crippen LogP contribution is 2.31. The number of halogens is 1. The first kappa shape index (κ1) is 22.6. The number of thiocarbonyl (C=S) groups is 1. The van der Waals surface area contributed by atoms with Gasteiger partial charge in [0.15, 0.2) is 5.11 Å². The Kier molecular flexibility index (Phi) is 7.13. The molecule has 0 spiro atoms. The zero-order chi connectivity index (χ0) is 22.5. The van der Waals surface area contributed by atoms with E-state index in [4.69, 9.17) is 33.3 Å². The minimum Gasteiger partial charge on any atom is -0.496 e. The number of nitro benzene ring substituents is 1. The Morgan fingerprint density at radius 2 is 1.74 bits per heavy atom. The van der Waals surface area contributed by atoms with Crippen molar-refractivity contribution in [2.24, 2.45) is 0 Å². The van der Waals surface area contributed by atoms with Crippen LogP contribution in [0, 0.1) is 10.1 Å². The molecule has 11 heteroatoms. The van der Waals surface area contributed by atoms with Gasteiger partial charge in [-0.1, -0.05) is 17.7 Å². The number of nitro groups is 1. The van der Waals surface area contributed by atoms with Gasteiger partial charge in [0.1, 0.15) is 17.1 Å². The third-order valence-corrected chi connectivity index (χ3v) is 5.59. The van der Waals surface area contributed by atoms with Crippen LogP contribution >= 0.6 is 23.8 Å². The van der Waals surface area contributed by atoms with Crippen LogP contribution in [0.2, 0.25) is 5.02 Å². The summed E-state index contributed by atoms with van der Waals surface area (Å²) in [4.78, 5) is 27.1. The van der Waals surface area contributed by atoms with Crippen molar-refractivity contribution in [3.8, 4) is 11.5 Å². The summed E-state index contributed by atoms with van der Waals surface area (Å²) < 4.78 is 10.5. The van der Waals surface area contributed by atoms with Gasteiger partial charge in [-0.25, -0.2) is 0 Å². The number of rotatable bonds is 5. The van der Waals surface area contributed by atoms with Gasteiger partial charge >= 0.3 is 0 Å². The molecule has 0 atom stereocenters. The molecule has 0 radical (unpaired) electrons. The minimum atomic E-state index is -0.481. The normalized spacial score (nSPS) is 13.5.